The summed E-state index contributed by atoms with van der Waals surface area (Å²) in [6.45, 7) is 1.87. The second-order valence-corrected chi connectivity index (χ2v) is 8.46. The molecule has 1 aromatic heterocycles. The van der Waals surface area contributed by atoms with Crippen LogP contribution in [0, 0.1) is 0 Å². The summed E-state index contributed by atoms with van der Waals surface area (Å²) in [5.74, 6) is 0.377. The molecule has 1 aromatic rings. The van der Waals surface area contributed by atoms with Crippen molar-refractivity contribution in [2.24, 2.45) is 5.73 Å². The number of rotatable bonds is 6. The van der Waals surface area contributed by atoms with Gasteiger partial charge in [0.15, 0.2) is 0 Å². The van der Waals surface area contributed by atoms with E-state index in [0.29, 0.717) is 24.3 Å². The van der Waals surface area contributed by atoms with Crippen molar-refractivity contribution in [3.63, 3.8) is 0 Å². The molecule has 2 saturated carbocycles. The summed E-state index contributed by atoms with van der Waals surface area (Å²) in [5.41, 5.74) is 5.09. The van der Waals surface area contributed by atoms with E-state index in [0.717, 1.165) is 51.4 Å². The molecule has 3 rings (SSSR count). The number of nitrogens with two attached hydrogens (primary N) is 1. The topological polar surface area (TPSA) is 122 Å². The predicted octanol–water partition coefficient (Wildman–Crippen LogP) is 2.69. The van der Waals surface area contributed by atoms with Crippen LogP contribution in [0.3, 0.4) is 0 Å². The zero-order chi connectivity index (χ0) is 20.1. The zero-order valence-electron chi connectivity index (χ0n) is 16.9. The Morgan fingerprint density at radius 3 is 2.68 bits per heavy atom. The van der Waals surface area contributed by atoms with E-state index in [1.807, 2.05) is 6.92 Å². The molecule has 2 aliphatic rings. The first-order valence-corrected chi connectivity index (χ1v) is 10.3. The summed E-state index contributed by atoms with van der Waals surface area (Å²) in [7, 11) is 1.76. The molecular weight excluding hydrogens is 358 g/mol. The van der Waals surface area contributed by atoms with Gasteiger partial charge in [-0.15, -0.1) is 0 Å². The van der Waals surface area contributed by atoms with E-state index in [9.17, 15) is 9.90 Å². The van der Waals surface area contributed by atoms with Gasteiger partial charge in [0.25, 0.3) is 5.91 Å². The number of methoxy groups -OCH3 is 1. The number of aliphatic hydroxyl groups is 1. The van der Waals surface area contributed by atoms with Gasteiger partial charge in [-0.1, -0.05) is 12.8 Å². The fourth-order valence-corrected chi connectivity index (χ4v) is 4.32. The second-order valence-electron chi connectivity index (χ2n) is 8.46. The highest BCUT2D eigenvalue weighted by Gasteiger charge is 2.29. The van der Waals surface area contributed by atoms with Crippen molar-refractivity contribution in [1.29, 1.82) is 0 Å². The van der Waals surface area contributed by atoms with Crippen molar-refractivity contribution in [3.8, 4) is 0 Å². The minimum Gasteiger partial charge on any atom is -0.390 e. The molecule has 2 aliphatic carbocycles. The maximum atomic E-state index is 11.8. The monoisotopic (exact) mass is 393 g/mol. The molecule has 28 heavy (non-hydrogen) atoms. The van der Waals surface area contributed by atoms with E-state index in [-0.39, 0.29) is 19.1 Å². The van der Waals surface area contributed by atoms with Gasteiger partial charge in [0.05, 0.1) is 17.3 Å². The fourth-order valence-electron chi connectivity index (χ4n) is 4.32. The quantitative estimate of drug-likeness (QED) is 0.548. The third kappa shape index (κ3) is 5.54. The Labute approximate surface area is 168 Å². The lowest BCUT2D eigenvalue weighted by molar-refractivity contribution is 0.0420. The van der Waals surface area contributed by atoms with Crippen molar-refractivity contribution in [2.75, 3.05) is 17.7 Å². The van der Waals surface area contributed by atoms with Gasteiger partial charge in [-0.25, -0.2) is 4.98 Å². The van der Waals surface area contributed by atoms with Crippen LogP contribution in [0.4, 0.5) is 11.8 Å². The van der Waals surface area contributed by atoms with Crippen LogP contribution in [0.5, 0.6) is 0 Å². The minimum absolute atomic E-state index is 0. The predicted molar refractivity (Wildman–Crippen MR) is 110 cm³/mol. The van der Waals surface area contributed by atoms with Crippen LogP contribution < -0.4 is 16.4 Å². The normalized spacial score (nSPS) is 31.0. The van der Waals surface area contributed by atoms with Gasteiger partial charge in [0, 0.05) is 26.8 Å². The molecule has 0 radical (unpaired) electrons. The molecule has 0 spiro atoms. The minimum atomic E-state index is -0.713. The van der Waals surface area contributed by atoms with Crippen molar-refractivity contribution in [1.82, 2.24) is 9.97 Å². The van der Waals surface area contributed by atoms with E-state index >= 15 is 0 Å². The van der Waals surface area contributed by atoms with Gasteiger partial charge >= 0.3 is 0 Å². The SMILES string of the molecule is COC1CCC(Nc2ncc(C(N)=O)c(N[C@H]3CCCC[C@@](C)(O)C3)n2)CC1.[HH]. The molecule has 8 heteroatoms. The van der Waals surface area contributed by atoms with Crippen LogP contribution in [0.1, 0.15) is 76.5 Å². The van der Waals surface area contributed by atoms with Crippen molar-refractivity contribution in [2.45, 2.75) is 88.5 Å². The molecule has 2 atom stereocenters. The van der Waals surface area contributed by atoms with Gasteiger partial charge in [-0.05, 0) is 51.9 Å². The molecule has 8 nitrogen and oxygen atoms in total. The van der Waals surface area contributed by atoms with Crippen LogP contribution in [0.2, 0.25) is 0 Å². The second kappa shape index (κ2) is 9.05. The summed E-state index contributed by atoms with van der Waals surface area (Å²) in [6, 6.07) is 0.327. The number of nitrogens with one attached hydrogen (secondary N) is 2. The summed E-state index contributed by atoms with van der Waals surface area (Å²) < 4.78 is 5.42. The fraction of sp³-hybridized carbons (Fsp3) is 0.750. The third-order valence-electron chi connectivity index (χ3n) is 5.94. The first-order valence-electron chi connectivity index (χ1n) is 10.3. The van der Waals surface area contributed by atoms with Gasteiger partial charge in [-0.3, -0.25) is 4.79 Å². The Morgan fingerprint density at radius 2 is 2.00 bits per heavy atom. The standard InChI is InChI=1S/C20H33N5O3.H2/c1-20(27)10-4-3-5-14(11-20)23-18-16(17(21)26)12-22-19(25-18)24-13-6-8-15(28-2)9-7-13;/h12-15,27H,3-11H2,1-2H3,(H2,21,26)(H2,22,23,24,25);1H/t13?,14-,15?,20+;/m0./s1. The molecule has 0 aromatic carbocycles. The maximum Gasteiger partial charge on any atom is 0.254 e. The molecular formula is C20H35N5O3. The summed E-state index contributed by atoms with van der Waals surface area (Å²) in [5, 5.41) is 17.2. The van der Waals surface area contributed by atoms with Gasteiger partial charge in [-0.2, -0.15) is 4.98 Å². The average molecular weight is 394 g/mol. The Bertz CT molecular complexity index is 680. The number of carbonyl (C=O) groups excluding carboxylic acids is 1. The first-order chi connectivity index (χ1) is 13.4. The van der Waals surface area contributed by atoms with Gasteiger partial charge < -0.3 is 26.2 Å². The van der Waals surface area contributed by atoms with Crippen molar-refractivity contribution < 1.29 is 16.1 Å². The van der Waals surface area contributed by atoms with Crippen LogP contribution in [0.15, 0.2) is 6.20 Å². The van der Waals surface area contributed by atoms with E-state index in [4.69, 9.17) is 10.5 Å². The molecule has 5 N–H and O–H groups in total. The Hall–Kier alpha value is -1.93. The maximum absolute atomic E-state index is 11.8. The highest BCUT2D eigenvalue weighted by molar-refractivity contribution is 5.97. The Morgan fingerprint density at radius 1 is 1.25 bits per heavy atom. The van der Waals surface area contributed by atoms with E-state index in [1.165, 1.54) is 6.20 Å². The molecule has 0 aliphatic heterocycles. The Balaban J connectivity index is 0.00000300. The number of carbonyl (C=O) groups is 1. The Kier molecular flexibility index (Phi) is 6.72. The molecule has 0 saturated heterocycles. The third-order valence-corrected chi connectivity index (χ3v) is 5.94. The largest absolute Gasteiger partial charge is 0.390 e. The van der Waals surface area contributed by atoms with Crippen LogP contribution in [-0.4, -0.2) is 51.9 Å². The highest BCUT2D eigenvalue weighted by atomic mass is 16.5. The lowest BCUT2D eigenvalue weighted by Crippen LogP contribution is -2.33. The number of hydrogen-bond donors (Lipinski definition) is 4. The van der Waals surface area contributed by atoms with Crippen LogP contribution >= 0.6 is 0 Å². The molecule has 2 fully saturated rings. The number of amides is 1. The number of aromatic nitrogens is 2. The van der Waals surface area contributed by atoms with E-state index in [1.54, 1.807) is 7.11 Å². The summed E-state index contributed by atoms with van der Waals surface area (Å²) in [6.07, 6.45) is 10.2. The number of hydrogen-bond acceptors (Lipinski definition) is 7. The molecule has 0 bridgehead atoms. The van der Waals surface area contributed by atoms with Crippen molar-refractivity contribution in [3.05, 3.63) is 11.8 Å². The summed E-state index contributed by atoms with van der Waals surface area (Å²) >= 11 is 0. The molecule has 1 amide bonds. The number of nitrogens with zero attached hydrogens (tertiary/aromatic N) is 2. The molecule has 0 unspecified atom stereocenters. The summed E-state index contributed by atoms with van der Waals surface area (Å²) in [4.78, 5) is 20.7. The molecule has 158 valence electrons. The number of primary amides is 1. The van der Waals surface area contributed by atoms with Gasteiger partial charge in [0.1, 0.15) is 5.82 Å². The zero-order valence-corrected chi connectivity index (χ0v) is 16.9. The highest BCUT2D eigenvalue weighted by Crippen LogP contribution is 2.29. The lowest BCUT2D eigenvalue weighted by Gasteiger charge is -2.29. The van der Waals surface area contributed by atoms with Crippen molar-refractivity contribution >= 4 is 17.7 Å². The average Bonchev–Trinajstić information content (AvgIpc) is 2.82. The molecule has 1 heterocycles. The first kappa shape index (κ1) is 20.8. The smallest absolute Gasteiger partial charge is 0.254 e. The van der Waals surface area contributed by atoms with E-state index < -0.39 is 11.5 Å². The van der Waals surface area contributed by atoms with Crippen LogP contribution in [0.25, 0.3) is 0 Å². The van der Waals surface area contributed by atoms with E-state index in [2.05, 4.69) is 20.6 Å². The van der Waals surface area contributed by atoms with Gasteiger partial charge in [0.2, 0.25) is 5.95 Å². The van der Waals surface area contributed by atoms with Crippen LogP contribution in [-0.2, 0) is 4.74 Å². The number of anilines is 2. The lowest BCUT2D eigenvalue weighted by atomic mass is 9.93. The number of ether oxygens (including phenoxy) is 1.